The molecule has 0 fully saturated rings. The first-order valence-electron chi connectivity index (χ1n) is 4.83. The third-order valence-corrected chi connectivity index (χ3v) is 2.56. The number of nitrogens with one attached hydrogen (secondary N) is 1. The third-order valence-electron chi connectivity index (χ3n) is 2.30. The van der Waals surface area contributed by atoms with Crippen LogP contribution in [0.25, 0.3) is 10.9 Å². The number of rotatable bonds is 2. The summed E-state index contributed by atoms with van der Waals surface area (Å²) in [4.78, 5) is 29.7. The zero-order valence-corrected chi connectivity index (χ0v) is 9.75. The van der Waals surface area contributed by atoms with Gasteiger partial charge in [-0.25, -0.2) is 9.78 Å². The van der Waals surface area contributed by atoms with Crippen LogP contribution in [-0.4, -0.2) is 23.0 Å². The lowest BCUT2D eigenvalue weighted by molar-refractivity contribution is 0.0601. The van der Waals surface area contributed by atoms with E-state index in [1.54, 1.807) is 12.1 Å². The molecule has 17 heavy (non-hydrogen) atoms. The molecule has 1 heterocycles. The number of halogens is 1. The summed E-state index contributed by atoms with van der Waals surface area (Å²) in [5.74, 6) is 0.0342. The lowest BCUT2D eigenvalue weighted by Gasteiger charge is -2.02. The van der Waals surface area contributed by atoms with Crippen molar-refractivity contribution in [3.63, 3.8) is 0 Å². The molecule has 0 aliphatic rings. The Balaban J connectivity index is 2.67. The van der Waals surface area contributed by atoms with Gasteiger partial charge in [-0.3, -0.25) is 4.79 Å². The Labute approximate surface area is 101 Å². The number of methoxy groups -OCH3 is 1. The van der Waals surface area contributed by atoms with Crippen LogP contribution in [0.1, 0.15) is 16.2 Å². The smallest absolute Gasteiger partial charge is 0.337 e. The topological polar surface area (TPSA) is 72.0 Å². The molecule has 0 atom stereocenters. The van der Waals surface area contributed by atoms with Crippen molar-refractivity contribution in [3.05, 3.63) is 39.9 Å². The van der Waals surface area contributed by atoms with E-state index in [-0.39, 0.29) is 11.4 Å². The fraction of sp³-hybridized carbons (Fsp3) is 0.182. The zero-order chi connectivity index (χ0) is 12.4. The molecule has 0 saturated heterocycles. The zero-order valence-electron chi connectivity index (χ0n) is 8.99. The molecule has 0 aliphatic carbocycles. The van der Waals surface area contributed by atoms with Gasteiger partial charge in [0.25, 0.3) is 5.56 Å². The van der Waals surface area contributed by atoms with Crippen molar-refractivity contribution in [2.45, 2.75) is 5.88 Å². The monoisotopic (exact) mass is 252 g/mol. The van der Waals surface area contributed by atoms with E-state index < -0.39 is 5.97 Å². The summed E-state index contributed by atoms with van der Waals surface area (Å²) in [6.07, 6.45) is 0. The molecule has 2 aromatic rings. The Bertz CT molecular complexity index is 636. The lowest BCUT2D eigenvalue weighted by atomic mass is 10.1. The minimum absolute atomic E-state index is 0.129. The second-order valence-electron chi connectivity index (χ2n) is 3.37. The van der Waals surface area contributed by atoms with Crippen LogP contribution in [0, 0.1) is 0 Å². The van der Waals surface area contributed by atoms with Crippen LogP contribution in [-0.2, 0) is 10.6 Å². The average molecular weight is 253 g/mol. The molecule has 6 heteroatoms. The van der Waals surface area contributed by atoms with Gasteiger partial charge in [0.2, 0.25) is 0 Å². The van der Waals surface area contributed by atoms with Gasteiger partial charge in [0.1, 0.15) is 5.82 Å². The van der Waals surface area contributed by atoms with Crippen LogP contribution < -0.4 is 5.56 Å². The van der Waals surface area contributed by atoms with Crippen LogP contribution in [0.3, 0.4) is 0 Å². The summed E-state index contributed by atoms with van der Waals surface area (Å²) in [6, 6.07) is 4.59. The first kappa shape index (κ1) is 11.6. The van der Waals surface area contributed by atoms with E-state index in [1.807, 2.05) is 0 Å². The van der Waals surface area contributed by atoms with Gasteiger partial charge in [-0.1, -0.05) is 0 Å². The number of benzene rings is 1. The highest BCUT2D eigenvalue weighted by Crippen LogP contribution is 2.11. The Morgan fingerprint density at radius 2 is 2.29 bits per heavy atom. The molecule has 0 aliphatic heterocycles. The van der Waals surface area contributed by atoms with Gasteiger partial charge in [-0.05, 0) is 18.2 Å². The summed E-state index contributed by atoms with van der Waals surface area (Å²) in [5.41, 5.74) is 0.486. The molecule has 0 radical (unpaired) electrons. The largest absolute Gasteiger partial charge is 0.465 e. The predicted octanol–water partition coefficient (Wildman–Crippen LogP) is 1.45. The number of carbonyl (C=O) groups is 1. The van der Waals surface area contributed by atoms with Gasteiger partial charge in [0.15, 0.2) is 0 Å². The van der Waals surface area contributed by atoms with Crippen LogP contribution >= 0.6 is 11.6 Å². The van der Waals surface area contributed by atoms with Crippen LogP contribution in [0.15, 0.2) is 23.0 Å². The average Bonchev–Trinajstić information content (AvgIpc) is 2.37. The van der Waals surface area contributed by atoms with E-state index in [0.29, 0.717) is 22.3 Å². The van der Waals surface area contributed by atoms with Crippen molar-refractivity contribution in [1.29, 1.82) is 0 Å². The fourth-order valence-corrected chi connectivity index (χ4v) is 1.62. The molecule has 0 bridgehead atoms. The molecule has 5 nitrogen and oxygen atoms in total. The highest BCUT2D eigenvalue weighted by molar-refractivity contribution is 6.16. The minimum atomic E-state index is -0.493. The molecule has 0 spiro atoms. The Hall–Kier alpha value is -1.88. The van der Waals surface area contributed by atoms with Gasteiger partial charge >= 0.3 is 5.97 Å². The molecule has 1 aromatic carbocycles. The normalized spacial score (nSPS) is 10.5. The number of hydrogen-bond donors (Lipinski definition) is 1. The van der Waals surface area contributed by atoms with E-state index in [1.165, 1.54) is 13.2 Å². The summed E-state index contributed by atoms with van der Waals surface area (Å²) >= 11 is 5.60. The van der Waals surface area contributed by atoms with E-state index in [4.69, 9.17) is 11.6 Å². The number of H-pyrrole nitrogens is 1. The molecular formula is C11H9ClN2O3. The highest BCUT2D eigenvalue weighted by Gasteiger charge is 2.09. The van der Waals surface area contributed by atoms with E-state index in [9.17, 15) is 9.59 Å². The van der Waals surface area contributed by atoms with Crippen LogP contribution in [0.4, 0.5) is 0 Å². The van der Waals surface area contributed by atoms with Crippen molar-refractivity contribution < 1.29 is 9.53 Å². The molecule has 0 unspecified atom stereocenters. The van der Waals surface area contributed by atoms with Gasteiger partial charge in [-0.2, -0.15) is 0 Å². The number of nitrogens with zero attached hydrogens (tertiary/aromatic N) is 1. The van der Waals surface area contributed by atoms with E-state index in [2.05, 4.69) is 14.7 Å². The Kier molecular flexibility index (Phi) is 3.10. The third kappa shape index (κ3) is 2.14. The lowest BCUT2D eigenvalue weighted by Crippen LogP contribution is -2.12. The number of aromatic amines is 1. The van der Waals surface area contributed by atoms with Crippen LogP contribution in [0.2, 0.25) is 0 Å². The van der Waals surface area contributed by atoms with Gasteiger partial charge < -0.3 is 9.72 Å². The first-order chi connectivity index (χ1) is 8.15. The SMILES string of the molecule is COC(=O)c1ccc2nc(CCl)[nH]c(=O)c2c1. The number of hydrogen-bond acceptors (Lipinski definition) is 4. The molecule has 1 aromatic heterocycles. The highest BCUT2D eigenvalue weighted by atomic mass is 35.5. The second kappa shape index (κ2) is 4.55. The maximum atomic E-state index is 11.7. The fourth-order valence-electron chi connectivity index (χ4n) is 1.50. The number of alkyl halides is 1. The summed E-state index contributed by atoms with van der Waals surface area (Å²) in [7, 11) is 1.28. The van der Waals surface area contributed by atoms with E-state index in [0.717, 1.165) is 0 Å². The first-order valence-corrected chi connectivity index (χ1v) is 5.36. The Morgan fingerprint density at radius 3 is 2.94 bits per heavy atom. The van der Waals surface area contributed by atoms with Crippen molar-refractivity contribution in [2.75, 3.05) is 7.11 Å². The minimum Gasteiger partial charge on any atom is -0.465 e. The number of esters is 1. The second-order valence-corrected chi connectivity index (χ2v) is 3.64. The quantitative estimate of drug-likeness (QED) is 0.649. The molecule has 0 saturated carbocycles. The summed E-state index contributed by atoms with van der Waals surface area (Å²) in [6.45, 7) is 0. The van der Waals surface area contributed by atoms with Crippen molar-refractivity contribution in [1.82, 2.24) is 9.97 Å². The maximum absolute atomic E-state index is 11.7. The van der Waals surface area contributed by atoms with E-state index >= 15 is 0 Å². The van der Waals surface area contributed by atoms with Crippen molar-refractivity contribution >= 4 is 28.5 Å². The van der Waals surface area contributed by atoms with Crippen LogP contribution in [0.5, 0.6) is 0 Å². The molecule has 2 rings (SSSR count). The molecule has 1 N–H and O–H groups in total. The molecular weight excluding hydrogens is 244 g/mol. The number of aromatic nitrogens is 2. The number of fused-ring (bicyclic) bond motifs is 1. The number of ether oxygens (including phenoxy) is 1. The molecule has 88 valence electrons. The van der Waals surface area contributed by atoms with Gasteiger partial charge in [0.05, 0.1) is 29.5 Å². The maximum Gasteiger partial charge on any atom is 0.337 e. The van der Waals surface area contributed by atoms with Crippen molar-refractivity contribution in [2.24, 2.45) is 0 Å². The predicted molar refractivity (Wildman–Crippen MR) is 63.3 cm³/mol. The summed E-state index contributed by atoms with van der Waals surface area (Å²) in [5, 5.41) is 0.335. The summed E-state index contributed by atoms with van der Waals surface area (Å²) < 4.78 is 4.58. The Morgan fingerprint density at radius 1 is 1.53 bits per heavy atom. The van der Waals surface area contributed by atoms with Gasteiger partial charge in [-0.15, -0.1) is 11.6 Å². The van der Waals surface area contributed by atoms with Gasteiger partial charge in [0, 0.05) is 0 Å². The standard InChI is InChI=1S/C11H9ClN2O3/c1-17-11(16)6-2-3-8-7(4-6)10(15)14-9(5-12)13-8/h2-4H,5H2,1H3,(H,13,14,15). The molecule has 0 amide bonds. The number of carbonyl (C=O) groups excluding carboxylic acids is 1. The van der Waals surface area contributed by atoms with Crippen molar-refractivity contribution in [3.8, 4) is 0 Å².